The highest BCUT2D eigenvalue weighted by molar-refractivity contribution is 5.88. The molecule has 1 heterocycles. The lowest BCUT2D eigenvalue weighted by atomic mass is 9.97. The lowest BCUT2D eigenvalue weighted by Crippen LogP contribution is -2.47. The number of carboxylic acids is 1. The van der Waals surface area contributed by atoms with E-state index >= 15 is 0 Å². The molecule has 0 atom stereocenters. The number of piperidine rings is 1. The average Bonchev–Trinajstić information content (AvgIpc) is 2.52. The van der Waals surface area contributed by atoms with Crippen LogP contribution in [0.15, 0.2) is 0 Å². The number of likely N-dealkylation sites (N-methyl/N-ethyl adjacent to an activating group) is 1. The van der Waals surface area contributed by atoms with Crippen molar-refractivity contribution in [2.45, 2.75) is 32.6 Å². The molecule has 1 aliphatic rings. The fraction of sp³-hybridized carbons (Fsp3) is 0.733. The Morgan fingerprint density at radius 3 is 2.35 bits per heavy atom. The van der Waals surface area contributed by atoms with Gasteiger partial charge in [0, 0.05) is 26.6 Å². The highest BCUT2D eigenvalue weighted by atomic mass is 16.4. The number of likely N-dealkylation sites (tertiary alicyclic amines) is 1. The molecule has 0 aromatic carbocycles. The standard InChI is InChI=1S/C15H25N3O5/c1-3-4-12(19)16-9-13(20)17(2)10-14(21)18-7-5-11(6-8-18)15(22)23/h11H,3-10H2,1-2H3,(H,16,19)(H,22,23). The number of carbonyl (C=O) groups is 4. The first-order valence-corrected chi connectivity index (χ1v) is 7.86. The summed E-state index contributed by atoms with van der Waals surface area (Å²) in [7, 11) is 1.51. The summed E-state index contributed by atoms with van der Waals surface area (Å²) in [6.07, 6.45) is 1.95. The predicted octanol–water partition coefficient (Wildman–Crippen LogP) is -0.316. The van der Waals surface area contributed by atoms with Crippen molar-refractivity contribution in [3.63, 3.8) is 0 Å². The minimum absolute atomic E-state index is 0.0692. The van der Waals surface area contributed by atoms with Gasteiger partial charge in [-0.3, -0.25) is 19.2 Å². The Bertz CT molecular complexity index is 458. The number of aliphatic carboxylic acids is 1. The van der Waals surface area contributed by atoms with E-state index in [1.165, 1.54) is 11.9 Å². The normalized spacial score (nSPS) is 15.1. The van der Waals surface area contributed by atoms with E-state index in [2.05, 4.69) is 5.32 Å². The van der Waals surface area contributed by atoms with E-state index in [0.717, 1.165) is 0 Å². The summed E-state index contributed by atoms with van der Waals surface area (Å²) in [5.74, 6) is -1.94. The lowest BCUT2D eigenvalue weighted by Gasteiger charge is -2.31. The molecule has 0 bridgehead atoms. The molecule has 3 amide bonds. The van der Waals surface area contributed by atoms with Crippen LogP contribution in [0.3, 0.4) is 0 Å². The molecule has 0 saturated carbocycles. The van der Waals surface area contributed by atoms with Crippen LogP contribution in [-0.4, -0.2) is 71.8 Å². The molecule has 0 aromatic rings. The Balaban J connectivity index is 2.34. The molecule has 0 spiro atoms. The zero-order valence-electron chi connectivity index (χ0n) is 13.7. The number of rotatable bonds is 7. The van der Waals surface area contributed by atoms with Gasteiger partial charge in [-0.25, -0.2) is 0 Å². The Morgan fingerprint density at radius 1 is 1.22 bits per heavy atom. The van der Waals surface area contributed by atoms with Gasteiger partial charge in [0.25, 0.3) is 0 Å². The van der Waals surface area contributed by atoms with Crippen LogP contribution < -0.4 is 5.32 Å². The highest BCUT2D eigenvalue weighted by Gasteiger charge is 2.27. The Morgan fingerprint density at radius 2 is 1.83 bits per heavy atom. The molecule has 8 nitrogen and oxygen atoms in total. The second-order valence-electron chi connectivity index (χ2n) is 5.77. The Hall–Kier alpha value is -2.12. The maximum Gasteiger partial charge on any atom is 0.306 e. The zero-order chi connectivity index (χ0) is 17.4. The van der Waals surface area contributed by atoms with Crippen molar-refractivity contribution in [3.8, 4) is 0 Å². The van der Waals surface area contributed by atoms with Gasteiger partial charge in [0.1, 0.15) is 0 Å². The summed E-state index contributed by atoms with van der Waals surface area (Å²) in [6.45, 7) is 2.47. The maximum atomic E-state index is 12.1. The molecule has 0 unspecified atom stereocenters. The van der Waals surface area contributed by atoms with Crippen LogP contribution in [0, 0.1) is 5.92 Å². The SMILES string of the molecule is CCCC(=O)NCC(=O)N(C)CC(=O)N1CCC(C(=O)O)CC1. The summed E-state index contributed by atoms with van der Waals surface area (Å²) in [5.41, 5.74) is 0. The zero-order valence-corrected chi connectivity index (χ0v) is 13.7. The van der Waals surface area contributed by atoms with Crippen LogP contribution in [0.4, 0.5) is 0 Å². The van der Waals surface area contributed by atoms with E-state index in [4.69, 9.17) is 5.11 Å². The van der Waals surface area contributed by atoms with Crippen LogP contribution in [-0.2, 0) is 19.2 Å². The van der Waals surface area contributed by atoms with Crippen LogP contribution >= 0.6 is 0 Å². The van der Waals surface area contributed by atoms with Gasteiger partial charge in [-0.15, -0.1) is 0 Å². The van der Waals surface area contributed by atoms with E-state index in [1.807, 2.05) is 6.92 Å². The van der Waals surface area contributed by atoms with Crippen molar-refractivity contribution in [2.24, 2.45) is 5.92 Å². The molecule has 0 aromatic heterocycles. The summed E-state index contributed by atoms with van der Waals surface area (Å²) >= 11 is 0. The second kappa shape index (κ2) is 9.12. The first kappa shape index (κ1) is 18.9. The number of nitrogens with one attached hydrogen (secondary N) is 1. The van der Waals surface area contributed by atoms with E-state index in [9.17, 15) is 19.2 Å². The van der Waals surface area contributed by atoms with Gasteiger partial charge in [-0.1, -0.05) is 6.92 Å². The van der Waals surface area contributed by atoms with Crippen LogP contribution in [0.1, 0.15) is 32.6 Å². The Kier molecular flexibility index (Phi) is 7.50. The number of amides is 3. The van der Waals surface area contributed by atoms with Crippen molar-refractivity contribution < 1.29 is 24.3 Å². The van der Waals surface area contributed by atoms with Gasteiger partial charge in [0.2, 0.25) is 17.7 Å². The first-order chi connectivity index (χ1) is 10.8. The highest BCUT2D eigenvalue weighted by Crippen LogP contribution is 2.17. The van der Waals surface area contributed by atoms with Crippen molar-refractivity contribution in [2.75, 3.05) is 33.2 Å². The molecule has 0 aliphatic carbocycles. The summed E-state index contributed by atoms with van der Waals surface area (Å²) in [5, 5.41) is 11.4. The van der Waals surface area contributed by atoms with Gasteiger partial charge in [0.15, 0.2) is 0 Å². The Labute approximate surface area is 135 Å². The maximum absolute atomic E-state index is 12.1. The monoisotopic (exact) mass is 327 g/mol. The number of hydrogen-bond donors (Lipinski definition) is 2. The van der Waals surface area contributed by atoms with Crippen LogP contribution in [0.2, 0.25) is 0 Å². The average molecular weight is 327 g/mol. The molecule has 0 radical (unpaired) electrons. The molecule has 130 valence electrons. The quantitative estimate of drug-likeness (QED) is 0.667. The first-order valence-electron chi connectivity index (χ1n) is 7.86. The molecule has 1 aliphatic heterocycles. The largest absolute Gasteiger partial charge is 0.481 e. The third-order valence-electron chi connectivity index (χ3n) is 3.91. The van der Waals surface area contributed by atoms with Crippen molar-refractivity contribution in [3.05, 3.63) is 0 Å². The summed E-state index contributed by atoms with van der Waals surface area (Å²) in [6, 6.07) is 0. The molecule has 1 fully saturated rings. The van der Waals surface area contributed by atoms with Gasteiger partial charge >= 0.3 is 5.97 Å². The molecule has 1 saturated heterocycles. The lowest BCUT2D eigenvalue weighted by molar-refractivity contribution is -0.146. The molecule has 2 N–H and O–H groups in total. The smallest absolute Gasteiger partial charge is 0.306 e. The fourth-order valence-corrected chi connectivity index (χ4v) is 2.39. The number of nitrogens with zero attached hydrogens (tertiary/aromatic N) is 2. The fourth-order valence-electron chi connectivity index (χ4n) is 2.39. The van der Waals surface area contributed by atoms with Gasteiger partial charge in [-0.2, -0.15) is 0 Å². The van der Waals surface area contributed by atoms with Gasteiger partial charge < -0.3 is 20.2 Å². The number of carbonyl (C=O) groups excluding carboxylic acids is 3. The van der Waals surface area contributed by atoms with E-state index in [0.29, 0.717) is 38.8 Å². The van der Waals surface area contributed by atoms with Gasteiger partial charge in [0.05, 0.1) is 19.0 Å². The summed E-state index contributed by atoms with van der Waals surface area (Å²) in [4.78, 5) is 49.1. The van der Waals surface area contributed by atoms with E-state index in [1.54, 1.807) is 4.90 Å². The third-order valence-corrected chi connectivity index (χ3v) is 3.91. The summed E-state index contributed by atoms with van der Waals surface area (Å²) < 4.78 is 0. The van der Waals surface area contributed by atoms with E-state index < -0.39 is 11.9 Å². The van der Waals surface area contributed by atoms with Crippen molar-refractivity contribution >= 4 is 23.7 Å². The van der Waals surface area contributed by atoms with Crippen molar-refractivity contribution in [1.29, 1.82) is 0 Å². The minimum Gasteiger partial charge on any atom is -0.481 e. The molecular weight excluding hydrogens is 302 g/mol. The molecular formula is C15H25N3O5. The number of carboxylic acid groups (broad SMARTS) is 1. The molecule has 23 heavy (non-hydrogen) atoms. The second-order valence-corrected chi connectivity index (χ2v) is 5.77. The number of hydrogen-bond acceptors (Lipinski definition) is 4. The third kappa shape index (κ3) is 6.25. The minimum atomic E-state index is -0.827. The van der Waals surface area contributed by atoms with Gasteiger partial charge in [-0.05, 0) is 19.3 Å². The topological polar surface area (TPSA) is 107 Å². The van der Waals surface area contributed by atoms with Crippen LogP contribution in [0.25, 0.3) is 0 Å². The van der Waals surface area contributed by atoms with E-state index in [-0.39, 0.29) is 30.8 Å². The predicted molar refractivity (Wildman–Crippen MR) is 82.5 cm³/mol. The van der Waals surface area contributed by atoms with Crippen molar-refractivity contribution in [1.82, 2.24) is 15.1 Å². The van der Waals surface area contributed by atoms with Crippen LogP contribution in [0.5, 0.6) is 0 Å². The molecule has 8 heteroatoms. The molecule has 1 rings (SSSR count).